The monoisotopic (exact) mass is 418 g/mol. The number of nitrogens with zero attached hydrogens (tertiary/aromatic N) is 1. The summed E-state index contributed by atoms with van der Waals surface area (Å²) in [6.45, 7) is 2.85. The summed E-state index contributed by atoms with van der Waals surface area (Å²) >= 11 is 18.4. The maximum atomic E-state index is 6.20. The minimum Gasteiger partial charge on any atom is -0.326 e. The topological polar surface area (TPSA) is 29.3 Å². The molecule has 0 radical (unpaired) electrons. The zero-order valence-electron chi connectivity index (χ0n) is 14.8. The predicted molar refractivity (Wildman–Crippen MR) is 115 cm³/mol. The molecule has 27 heavy (non-hydrogen) atoms. The Morgan fingerprint density at radius 1 is 0.630 bits per heavy atom. The highest BCUT2D eigenvalue weighted by molar-refractivity contribution is 6.42. The fourth-order valence-electron chi connectivity index (χ4n) is 3.07. The molecule has 0 saturated heterocycles. The second-order valence-corrected chi connectivity index (χ2v) is 7.80. The first-order chi connectivity index (χ1) is 13.0. The SMILES string of the molecule is NCc1cccc(CN(Cc2cccc(Cl)c2)Cc2ccc(Cl)c(Cl)c2)c1. The lowest BCUT2D eigenvalue weighted by molar-refractivity contribution is 0.247. The molecule has 3 rings (SSSR count). The van der Waals surface area contributed by atoms with Gasteiger partial charge < -0.3 is 5.73 Å². The van der Waals surface area contributed by atoms with Crippen molar-refractivity contribution in [1.82, 2.24) is 4.90 Å². The van der Waals surface area contributed by atoms with Gasteiger partial charge in [-0.15, -0.1) is 0 Å². The van der Waals surface area contributed by atoms with Gasteiger partial charge in [-0.3, -0.25) is 4.90 Å². The first kappa shape index (κ1) is 20.2. The van der Waals surface area contributed by atoms with E-state index in [0.717, 1.165) is 41.3 Å². The highest BCUT2D eigenvalue weighted by Crippen LogP contribution is 2.24. The molecular formula is C22H21Cl3N2. The molecule has 0 heterocycles. The van der Waals surface area contributed by atoms with Crippen molar-refractivity contribution in [2.75, 3.05) is 0 Å². The van der Waals surface area contributed by atoms with Crippen LogP contribution < -0.4 is 5.73 Å². The Hall–Kier alpha value is -1.55. The number of hydrogen-bond donors (Lipinski definition) is 1. The maximum Gasteiger partial charge on any atom is 0.0595 e. The Bertz CT molecular complexity index is 912. The van der Waals surface area contributed by atoms with E-state index in [0.29, 0.717) is 16.6 Å². The molecule has 0 atom stereocenters. The molecule has 0 bridgehead atoms. The Balaban J connectivity index is 1.83. The van der Waals surface area contributed by atoms with E-state index in [2.05, 4.69) is 23.1 Å². The van der Waals surface area contributed by atoms with Crippen molar-refractivity contribution in [3.8, 4) is 0 Å². The van der Waals surface area contributed by atoms with E-state index in [-0.39, 0.29) is 0 Å². The van der Waals surface area contributed by atoms with Crippen molar-refractivity contribution in [2.24, 2.45) is 5.73 Å². The standard InChI is InChI=1S/C22H21Cl3N2/c23-20-6-2-5-18(10-20)14-27(13-17-4-1-3-16(9-17)12-26)15-19-7-8-21(24)22(25)11-19/h1-11H,12-15,26H2. The van der Waals surface area contributed by atoms with Gasteiger partial charge in [0.25, 0.3) is 0 Å². The number of benzene rings is 3. The van der Waals surface area contributed by atoms with Crippen LogP contribution >= 0.6 is 34.8 Å². The van der Waals surface area contributed by atoms with E-state index < -0.39 is 0 Å². The molecular weight excluding hydrogens is 399 g/mol. The van der Waals surface area contributed by atoms with E-state index in [1.807, 2.05) is 48.5 Å². The molecule has 0 unspecified atom stereocenters. The highest BCUT2D eigenvalue weighted by Gasteiger charge is 2.11. The average molecular weight is 420 g/mol. The number of halogens is 3. The van der Waals surface area contributed by atoms with Crippen LogP contribution in [0.5, 0.6) is 0 Å². The number of hydrogen-bond acceptors (Lipinski definition) is 2. The zero-order chi connectivity index (χ0) is 19.2. The van der Waals surface area contributed by atoms with E-state index in [4.69, 9.17) is 40.5 Å². The molecule has 2 nitrogen and oxygen atoms in total. The average Bonchev–Trinajstić information content (AvgIpc) is 2.65. The Labute approximate surface area is 175 Å². The Kier molecular flexibility index (Phi) is 7.17. The summed E-state index contributed by atoms with van der Waals surface area (Å²) in [6, 6.07) is 22.1. The van der Waals surface area contributed by atoms with Gasteiger partial charge in [-0.25, -0.2) is 0 Å². The molecule has 3 aromatic rings. The summed E-state index contributed by atoms with van der Waals surface area (Å²) in [7, 11) is 0. The van der Waals surface area contributed by atoms with Gasteiger partial charge in [-0.2, -0.15) is 0 Å². The lowest BCUT2D eigenvalue weighted by Gasteiger charge is -2.23. The normalized spacial score (nSPS) is 11.1. The summed E-state index contributed by atoms with van der Waals surface area (Å²) in [6.07, 6.45) is 0. The van der Waals surface area contributed by atoms with Gasteiger partial charge in [0.05, 0.1) is 10.0 Å². The summed E-state index contributed by atoms with van der Waals surface area (Å²) in [5, 5.41) is 1.88. The minimum absolute atomic E-state index is 0.537. The van der Waals surface area contributed by atoms with Crippen LogP contribution in [0, 0.1) is 0 Å². The van der Waals surface area contributed by atoms with Crippen molar-refractivity contribution < 1.29 is 0 Å². The van der Waals surface area contributed by atoms with Gasteiger partial charge in [0.15, 0.2) is 0 Å². The highest BCUT2D eigenvalue weighted by atomic mass is 35.5. The third-order valence-electron chi connectivity index (χ3n) is 4.32. The van der Waals surface area contributed by atoms with E-state index in [1.54, 1.807) is 0 Å². The summed E-state index contributed by atoms with van der Waals surface area (Å²) < 4.78 is 0. The van der Waals surface area contributed by atoms with Crippen LogP contribution in [0.25, 0.3) is 0 Å². The van der Waals surface area contributed by atoms with Crippen LogP contribution in [0.4, 0.5) is 0 Å². The van der Waals surface area contributed by atoms with Gasteiger partial charge in [-0.05, 0) is 46.5 Å². The number of nitrogens with two attached hydrogens (primary N) is 1. The fourth-order valence-corrected chi connectivity index (χ4v) is 3.60. The molecule has 0 aliphatic rings. The third-order valence-corrected chi connectivity index (χ3v) is 5.29. The fraction of sp³-hybridized carbons (Fsp3) is 0.182. The van der Waals surface area contributed by atoms with E-state index in [9.17, 15) is 0 Å². The molecule has 5 heteroatoms. The largest absolute Gasteiger partial charge is 0.326 e. The van der Waals surface area contributed by atoms with Gasteiger partial charge in [0.2, 0.25) is 0 Å². The second kappa shape index (κ2) is 9.59. The molecule has 0 amide bonds. The number of rotatable bonds is 7. The zero-order valence-corrected chi connectivity index (χ0v) is 17.1. The molecule has 0 aliphatic heterocycles. The van der Waals surface area contributed by atoms with E-state index in [1.165, 1.54) is 5.56 Å². The van der Waals surface area contributed by atoms with Crippen molar-refractivity contribution >= 4 is 34.8 Å². The molecule has 0 spiro atoms. The van der Waals surface area contributed by atoms with Crippen molar-refractivity contribution in [1.29, 1.82) is 0 Å². The van der Waals surface area contributed by atoms with Crippen molar-refractivity contribution in [3.05, 3.63) is 104 Å². The first-order valence-corrected chi connectivity index (χ1v) is 9.85. The van der Waals surface area contributed by atoms with E-state index >= 15 is 0 Å². The predicted octanol–water partition coefficient (Wildman–Crippen LogP) is 6.31. The first-order valence-electron chi connectivity index (χ1n) is 8.72. The molecule has 0 saturated carbocycles. The van der Waals surface area contributed by atoms with Crippen LogP contribution in [0.2, 0.25) is 15.1 Å². The van der Waals surface area contributed by atoms with Gasteiger partial charge >= 0.3 is 0 Å². The van der Waals surface area contributed by atoms with Crippen LogP contribution in [-0.2, 0) is 26.2 Å². The molecule has 0 aromatic heterocycles. The lowest BCUT2D eigenvalue weighted by atomic mass is 10.1. The minimum atomic E-state index is 0.537. The molecule has 0 fully saturated rings. The summed E-state index contributed by atoms with van der Waals surface area (Å²) in [4.78, 5) is 2.35. The van der Waals surface area contributed by atoms with Crippen molar-refractivity contribution in [2.45, 2.75) is 26.2 Å². The summed E-state index contributed by atoms with van der Waals surface area (Å²) in [5.41, 5.74) is 10.4. The molecule has 3 aromatic carbocycles. The quantitative estimate of drug-likeness (QED) is 0.486. The smallest absolute Gasteiger partial charge is 0.0595 e. The molecule has 0 aliphatic carbocycles. The van der Waals surface area contributed by atoms with Crippen LogP contribution in [0.15, 0.2) is 66.7 Å². The Morgan fingerprint density at radius 3 is 1.85 bits per heavy atom. The Morgan fingerprint density at radius 2 is 1.22 bits per heavy atom. The molecule has 2 N–H and O–H groups in total. The third kappa shape index (κ3) is 5.97. The van der Waals surface area contributed by atoms with Gasteiger partial charge in [0.1, 0.15) is 0 Å². The summed E-state index contributed by atoms with van der Waals surface area (Å²) in [5.74, 6) is 0. The maximum absolute atomic E-state index is 6.20. The lowest BCUT2D eigenvalue weighted by Crippen LogP contribution is -2.22. The molecule has 140 valence electrons. The van der Waals surface area contributed by atoms with Gasteiger partial charge in [0, 0.05) is 31.2 Å². The van der Waals surface area contributed by atoms with Crippen LogP contribution in [-0.4, -0.2) is 4.90 Å². The van der Waals surface area contributed by atoms with Crippen LogP contribution in [0.3, 0.4) is 0 Å². The second-order valence-electron chi connectivity index (χ2n) is 6.55. The van der Waals surface area contributed by atoms with Crippen LogP contribution in [0.1, 0.15) is 22.3 Å². The van der Waals surface area contributed by atoms with Crippen molar-refractivity contribution in [3.63, 3.8) is 0 Å². The van der Waals surface area contributed by atoms with Gasteiger partial charge in [-0.1, -0.05) is 77.3 Å².